The molecule has 0 spiro atoms. The fourth-order valence-corrected chi connectivity index (χ4v) is 0.613. The third-order valence-corrected chi connectivity index (χ3v) is 1.35. The molecule has 0 rings (SSSR count). The molecular weight excluding hydrogens is 188 g/mol. The largest absolute Gasteiger partial charge is 0.479 e. The van der Waals surface area contributed by atoms with Crippen molar-refractivity contribution in [3.05, 3.63) is 0 Å². The average Bonchev–Trinajstić information content (AvgIpc) is 1.98. The van der Waals surface area contributed by atoms with Crippen LogP contribution in [0, 0.1) is 0 Å². The number of hydrogen-bond acceptors (Lipinski definition) is 4. The molecule has 6 nitrogen and oxygen atoms in total. The number of hydrogen-bond donors (Lipinski definition) is 2. The molecule has 0 bridgehead atoms. The van der Waals surface area contributed by atoms with Crippen LogP contribution < -0.4 is 5.73 Å². The minimum absolute atomic E-state index is 0.663. The Hall–Kier alpha value is -1.30. The van der Waals surface area contributed by atoms with Gasteiger partial charge in [0.2, 0.25) is 0 Å². The lowest BCUT2D eigenvalue weighted by Crippen LogP contribution is -2.49. The van der Waals surface area contributed by atoms with Gasteiger partial charge < -0.3 is 15.6 Å². The lowest BCUT2D eigenvalue weighted by Gasteiger charge is -2.26. The molecule has 0 aliphatic carbocycles. The summed E-state index contributed by atoms with van der Waals surface area (Å²) in [5.41, 5.74) is 4.54. The van der Waals surface area contributed by atoms with Crippen LogP contribution in [-0.2, 0) is 9.53 Å². The standard InChI is InChI=1S/C8H16N2O4/c1-8(2,3)14-7(13)10(4)5(9)6(11)12/h5H,9H2,1-4H3,(H,11,12)/t5-/m1/s1. The van der Waals surface area contributed by atoms with Crippen LogP contribution in [0.25, 0.3) is 0 Å². The molecule has 82 valence electrons. The van der Waals surface area contributed by atoms with E-state index in [0.29, 0.717) is 0 Å². The van der Waals surface area contributed by atoms with E-state index in [4.69, 9.17) is 15.6 Å². The fraction of sp³-hybridized carbons (Fsp3) is 0.750. The Balaban J connectivity index is 4.33. The van der Waals surface area contributed by atoms with Crippen LogP contribution in [0.3, 0.4) is 0 Å². The summed E-state index contributed by atoms with van der Waals surface area (Å²) in [7, 11) is 1.27. The number of amides is 1. The zero-order chi connectivity index (χ0) is 11.5. The van der Waals surface area contributed by atoms with Gasteiger partial charge >= 0.3 is 12.1 Å². The molecule has 0 saturated heterocycles. The van der Waals surface area contributed by atoms with Crippen molar-refractivity contribution in [1.29, 1.82) is 0 Å². The van der Waals surface area contributed by atoms with E-state index in [0.717, 1.165) is 4.90 Å². The zero-order valence-electron chi connectivity index (χ0n) is 8.77. The van der Waals surface area contributed by atoms with Crippen LogP contribution in [0.4, 0.5) is 4.79 Å². The molecule has 0 radical (unpaired) electrons. The molecule has 1 atom stereocenters. The highest BCUT2D eigenvalue weighted by molar-refractivity contribution is 5.79. The summed E-state index contributed by atoms with van der Waals surface area (Å²) in [6, 6.07) is 0. The topological polar surface area (TPSA) is 92.9 Å². The van der Waals surface area contributed by atoms with Crippen molar-refractivity contribution in [3.8, 4) is 0 Å². The Morgan fingerprint density at radius 2 is 1.86 bits per heavy atom. The Kier molecular flexibility index (Phi) is 3.88. The molecule has 14 heavy (non-hydrogen) atoms. The summed E-state index contributed by atoms with van der Waals surface area (Å²) in [6.45, 7) is 5.06. The monoisotopic (exact) mass is 204 g/mol. The van der Waals surface area contributed by atoms with E-state index in [2.05, 4.69) is 0 Å². The number of aliphatic carboxylic acids is 1. The van der Waals surface area contributed by atoms with Crippen LogP contribution in [-0.4, -0.2) is 40.9 Å². The van der Waals surface area contributed by atoms with Gasteiger partial charge in [-0.25, -0.2) is 9.59 Å². The van der Waals surface area contributed by atoms with Gasteiger partial charge in [0.05, 0.1) is 0 Å². The number of nitrogens with zero attached hydrogens (tertiary/aromatic N) is 1. The maximum Gasteiger partial charge on any atom is 0.411 e. The number of ether oxygens (including phenoxy) is 1. The second-order valence-electron chi connectivity index (χ2n) is 3.87. The molecule has 0 aromatic rings. The molecule has 6 heteroatoms. The molecule has 0 unspecified atom stereocenters. The van der Waals surface area contributed by atoms with E-state index < -0.39 is 23.8 Å². The van der Waals surface area contributed by atoms with Crippen molar-refractivity contribution in [1.82, 2.24) is 4.90 Å². The van der Waals surface area contributed by atoms with Crippen LogP contribution in [0.2, 0.25) is 0 Å². The minimum atomic E-state index is -1.38. The van der Waals surface area contributed by atoms with E-state index in [-0.39, 0.29) is 0 Å². The fourth-order valence-electron chi connectivity index (χ4n) is 0.613. The van der Waals surface area contributed by atoms with Crippen molar-refractivity contribution in [2.45, 2.75) is 32.5 Å². The molecule has 0 aromatic heterocycles. The van der Waals surface area contributed by atoms with E-state index in [1.165, 1.54) is 7.05 Å². The summed E-state index contributed by atoms with van der Waals surface area (Å²) in [4.78, 5) is 22.5. The first-order valence-electron chi connectivity index (χ1n) is 4.09. The van der Waals surface area contributed by atoms with Crippen molar-refractivity contribution >= 4 is 12.1 Å². The SMILES string of the molecule is CN(C(=O)OC(C)(C)C)[C@@H](N)C(=O)O. The Labute approximate surface area is 82.6 Å². The predicted octanol–water partition coefficient (Wildman–Crippen LogP) is 0.223. The average molecular weight is 204 g/mol. The number of carbonyl (C=O) groups excluding carboxylic acids is 1. The lowest BCUT2D eigenvalue weighted by molar-refractivity contribution is -0.142. The van der Waals surface area contributed by atoms with E-state index in [9.17, 15) is 9.59 Å². The van der Waals surface area contributed by atoms with Gasteiger partial charge in [-0.15, -0.1) is 0 Å². The van der Waals surface area contributed by atoms with Gasteiger partial charge in [-0.2, -0.15) is 0 Å². The highest BCUT2D eigenvalue weighted by atomic mass is 16.6. The predicted molar refractivity (Wildman–Crippen MR) is 49.6 cm³/mol. The van der Waals surface area contributed by atoms with Crippen LogP contribution in [0.5, 0.6) is 0 Å². The first-order valence-corrected chi connectivity index (χ1v) is 4.09. The summed E-state index contributed by atoms with van der Waals surface area (Å²) >= 11 is 0. The third-order valence-electron chi connectivity index (χ3n) is 1.35. The molecule has 3 N–H and O–H groups in total. The third kappa shape index (κ3) is 4.08. The highest BCUT2D eigenvalue weighted by Gasteiger charge is 2.26. The molecule has 0 saturated carbocycles. The normalized spacial score (nSPS) is 13.2. The van der Waals surface area contributed by atoms with Gasteiger partial charge in [-0.05, 0) is 20.8 Å². The number of rotatable bonds is 2. The van der Waals surface area contributed by atoms with Crippen molar-refractivity contribution < 1.29 is 19.4 Å². The summed E-state index contributed by atoms with van der Waals surface area (Å²) in [6.07, 6.45) is -2.14. The van der Waals surface area contributed by atoms with Gasteiger partial charge in [0.1, 0.15) is 5.60 Å². The second-order valence-corrected chi connectivity index (χ2v) is 3.87. The Morgan fingerprint density at radius 1 is 1.43 bits per heavy atom. The summed E-state index contributed by atoms with van der Waals surface area (Å²) in [5.74, 6) is -1.28. The van der Waals surface area contributed by atoms with Crippen LogP contribution in [0.1, 0.15) is 20.8 Å². The van der Waals surface area contributed by atoms with Gasteiger partial charge in [0.25, 0.3) is 0 Å². The number of nitrogens with two attached hydrogens (primary N) is 1. The zero-order valence-corrected chi connectivity index (χ0v) is 8.77. The van der Waals surface area contributed by atoms with Crippen molar-refractivity contribution in [2.75, 3.05) is 7.05 Å². The molecule has 0 aliphatic rings. The molecule has 0 aliphatic heterocycles. The first kappa shape index (κ1) is 12.7. The van der Waals surface area contributed by atoms with Gasteiger partial charge in [0, 0.05) is 7.05 Å². The number of carboxylic acids is 1. The van der Waals surface area contributed by atoms with E-state index in [1.807, 2.05) is 0 Å². The highest BCUT2D eigenvalue weighted by Crippen LogP contribution is 2.09. The minimum Gasteiger partial charge on any atom is -0.479 e. The molecular formula is C8H16N2O4. The maximum absolute atomic E-state index is 11.3. The van der Waals surface area contributed by atoms with Crippen LogP contribution in [0.15, 0.2) is 0 Å². The van der Waals surface area contributed by atoms with Gasteiger partial charge in [0.15, 0.2) is 6.17 Å². The van der Waals surface area contributed by atoms with E-state index in [1.54, 1.807) is 20.8 Å². The van der Waals surface area contributed by atoms with Crippen LogP contribution >= 0.6 is 0 Å². The first-order chi connectivity index (χ1) is 6.15. The Bertz CT molecular complexity index is 234. The quantitative estimate of drug-likeness (QED) is 0.628. The molecule has 0 fully saturated rings. The number of likely N-dealkylation sites (N-methyl/N-ethyl adjacent to an activating group) is 1. The van der Waals surface area contributed by atoms with Gasteiger partial charge in [-0.3, -0.25) is 4.90 Å². The molecule has 0 heterocycles. The molecule has 0 aromatic carbocycles. The summed E-state index contributed by atoms with van der Waals surface area (Å²) in [5, 5.41) is 8.53. The van der Waals surface area contributed by atoms with Crippen molar-refractivity contribution in [2.24, 2.45) is 5.73 Å². The Morgan fingerprint density at radius 3 is 2.14 bits per heavy atom. The lowest BCUT2D eigenvalue weighted by atomic mass is 10.2. The maximum atomic E-state index is 11.3. The van der Waals surface area contributed by atoms with E-state index >= 15 is 0 Å². The van der Waals surface area contributed by atoms with Gasteiger partial charge in [-0.1, -0.05) is 0 Å². The number of carbonyl (C=O) groups is 2. The van der Waals surface area contributed by atoms with Crippen molar-refractivity contribution in [3.63, 3.8) is 0 Å². The summed E-state index contributed by atoms with van der Waals surface area (Å²) < 4.78 is 4.91. The number of carboxylic acid groups (broad SMARTS) is 1. The molecule has 1 amide bonds. The second kappa shape index (κ2) is 4.28. The smallest absolute Gasteiger partial charge is 0.411 e.